The molecule has 0 amide bonds. The van der Waals surface area contributed by atoms with Gasteiger partial charge >= 0.3 is 0 Å². The van der Waals surface area contributed by atoms with Crippen molar-refractivity contribution in [2.45, 2.75) is 32.6 Å². The average molecular weight is 200 g/mol. The third kappa shape index (κ3) is 6.13. The number of rotatable bonds is 9. The second-order valence-electron chi connectivity index (χ2n) is 3.69. The fourth-order valence-electron chi connectivity index (χ4n) is 1.47. The summed E-state index contributed by atoms with van der Waals surface area (Å²) in [6.45, 7) is 7.27. The third-order valence-electron chi connectivity index (χ3n) is 2.50. The minimum Gasteiger partial charge on any atom is -0.633 e. The van der Waals surface area contributed by atoms with Crippen LogP contribution in [0.4, 0.5) is 0 Å². The highest BCUT2D eigenvalue weighted by Gasteiger charge is 2.10. The summed E-state index contributed by atoms with van der Waals surface area (Å²) < 4.78 is -0.166. The van der Waals surface area contributed by atoms with Gasteiger partial charge in [0.05, 0.1) is 26.2 Å². The first-order valence-corrected chi connectivity index (χ1v) is 5.44. The molecule has 0 aromatic heterocycles. The molecule has 1 unspecified atom stereocenters. The van der Waals surface area contributed by atoms with Gasteiger partial charge in [-0.2, -0.15) is 0 Å². The van der Waals surface area contributed by atoms with Gasteiger partial charge < -0.3 is 9.85 Å². The van der Waals surface area contributed by atoms with E-state index >= 15 is 0 Å². The molecule has 0 aliphatic heterocycles. The van der Waals surface area contributed by atoms with Crippen molar-refractivity contribution in [2.75, 3.05) is 26.2 Å². The van der Waals surface area contributed by atoms with Crippen molar-refractivity contribution in [1.29, 1.82) is 0 Å². The molecule has 1 radical (unpaired) electrons. The molecule has 0 aliphatic rings. The van der Waals surface area contributed by atoms with Crippen molar-refractivity contribution in [3.63, 3.8) is 0 Å². The topological polar surface area (TPSA) is 43.0 Å². The van der Waals surface area contributed by atoms with Crippen molar-refractivity contribution < 1.29 is 9.75 Å². The normalized spacial score (nSPS) is 15.1. The van der Waals surface area contributed by atoms with E-state index in [2.05, 4.69) is 6.58 Å². The van der Waals surface area contributed by atoms with Crippen molar-refractivity contribution in [1.82, 2.24) is 0 Å². The molecule has 0 heterocycles. The number of likely N-dealkylation sites (N-methyl/N-ethyl adjacent to an activating group) is 1. The van der Waals surface area contributed by atoms with E-state index in [1.54, 1.807) is 6.08 Å². The summed E-state index contributed by atoms with van der Waals surface area (Å²) in [5.74, 6) is 0. The van der Waals surface area contributed by atoms with Crippen molar-refractivity contribution in [3.8, 4) is 0 Å². The lowest BCUT2D eigenvalue weighted by Gasteiger charge is -2.41. The van der Waals surface area contributed by atoms with Crippen LogP contribution in [0, 0.1) is 5.21 Å². The van der Waals surface area contributed by atoms with Crippen LogP contribution in [0.25, 0.3) is 0 Å². The zero-order chi connectivity index (χ0) is 10.9. The van der Waals surface area contributed by atoms with E-state index in [0.29, 0.717) is 19.6 Å². The van der Waals surface area contributed by atoms with Crippen molar-refractivity contribution in [2.24, 2.45) is 0 Å². The van der Waals surface area contributed by atoms with E-state index in [4.69, 9.17) is 0 Å². The van der Waals surface area contributed by atoms with Crippen LogP contribution in [0.2, 0.25) is 0 Å². The molecule has 14 heavy (non-hydrogen) atoms. The Labute approximate surface area is 87.2 Å². The van der Waals surface area contributed by atoms with Crippen molar-refractivity contribution >= 4 is 0 Å². The van der Waals surface area contributed by atoms with E-state index in [-0.39, 0.29) is 11.3 Å². The van der Waals surface area contributed by atoms with Gasteiger partial charge in [-0.3, -0.25) is 0 Å². The number of hydroxylamine groups is 3. The van der Waals surface area contributed by atoms with E-state index in [1.807, 2.05) is 6.92 Å². The number of hydrogen-bond acceptors (Lipinski definition) is 1. The van der Waals surface area contributed by atoms with E-state index in [0.717, 1.165) is 25.7 Å². The van der Waals surface area contributed by atoms with Crippen LogP contribution >= 0.6 is 0 Å². The zero-order valence-corrected chi connectivity index (χ0v) is 9.21. The summed E-state index contributed by atoms with van der Waals surface area (Å²) in [7, 11) is 0. The molecule has 0 aliphatic carbocycles. The highest BCUT2D eigenvalue weighted by Crippen LogP contribution is 2.08. The summed E-state index contributed by atoms with van der Waals surface area (Å²) >= 11 is 0. The molecule has 3 heteroatoms. The summed E-state index contributed by atoms with van der Waals surface area (Å²) in [5, 5.41) is 22.1. The van der Waals surface area contributed by atoms with Crippen LogP contribution < -0.4 is 0 Å². The molecule has 0 bridgehead atoms. The highest BCUT2D eigenvalue weighted by atomic mass is 16.5. The molecule has 0 saturated carbocycles. The van der Waals surface area contributed by atoms with E-state index < -0.39 is 0 Å². The molecular formula is C11H22NO2. The third-order valence-corrected chi connectivity index (χ3v) is 2.50. The fraction of sp³-hybridized carbons (Fsp3) is 0.818. The lowest BCUT2D eigenvalue weighted by molar-refractivity contribution is -0.873. The number of quaternary nitrogens is 1. The predicted octanol–water partition coefficient (Wildman–Crippen LogP) is 2.50. The molecule has 0 rings (SSSR count). The van der Waals surface area contributed by atoms with Gasteiger partial charge in [0.15, 0.2) is 0 Å². The lowest BCUT2D eigenvalue weighted by atomic mass is 10.2. The Hall–Kier alpha value is -0.380. The number of unbranched alkanes of at least 4 members (excludes halogenated alkanes) is 3. The first-order valence-electron chi connectivity index (χ1n) is 5.44. The molecule has 0 N–H and O–H groups in total. The highest BCUT2D eigenvalue weighted by molar-refractivity contribution is 4.66. The van der Waals surface area contributed by atoms with Crippen molar-refractivity contribution in [3.05, 3.63) is 17.9 Å². The maximum absolute atomic E-state index is 11.9. The Morgan fingerprint density at radius 1 is 1.29 bits per heavy atom. The minimum atomic E-state index is -0.166. The van der Waals surface area contributed by atoms with Gasteiger partial charge in [-0.1, -0.05) is 13.0 Å². The predicted molar refractivity (Wildman–Crippen MR) is 58.1 cm³/mol. The Bertz CT molecular complexity index is 150. The number of nitrogens with zero attached hydrogens (tertiary/aromatic N) is 1. The van der Waals surface area contributed by atoms with E-state index in [1.165, 1.54) is 0 Å². The second-order valence-corrected chi connectivity index (χ2v) is 3.69. The summed E-state index contributed by atoms with van der Waals surface area (Å²) in [6.07, 6.45) is 5.31. The second kappa shape index (κ2) is 7.97. The van der Waals surface area contributed by atoms with Crippen LogP contribution in [0.3, 0.4) is 0 Å². The molecule has 0 saturated heterocycles. The van der Waals surface area contributed by atoms with Gasteiger partial charge in [0.25, 0.3) is 0 Å². The van der Waals surface area contributed by atoms with Gasteiger partial charge in [0.1, 0.15) is 0 Å². The molecule has 0 aromatic rings. The zero-order valence-electron chi connectivity index (χ0n) is 9.21. The first-order chi connectivity index (χ1) is 6.68. The fourth-order valence-corrected chi connectivity index (χ4v) is 1.47. The first kappa shape index (κ1) is 13.6. The van der Waals surface area contributed by atoms with Gasteiger partial charge in [-0.05, 0) is 32.3 Å². The molecule has 0 fully saturated rings. The van der Waals surface area contributed by atoms with Gasteiger partial charge in [0, 0.05) is 0 Å². The average Bonchev–Trinajstić information content (AvgIpc) is 2.18. The molecule has 1 atom stereocenters. The SMILES string of the molecule is C=CC[N+]([O-])(CC)CCCCCC[O]. The summed E-state index contributed by atoms with van der Waals surface area (Å²) in [6, 6.07) is 0. The Balaban J connectivity index is 3.56. The Kier molecular flexibility index (Phi) is 7.76. The molecule has 0 aromatic carbocycles. The number of hydrogen-bond donors (Lipinski definition) is 0. The van der Waals surface area contributed by atoms with Gasteiger partial charge in [0.2, 0.25) is 0 Å². The van der Waals surface area contributed by atoms with Crippen LogP contribution in [-0.4, -0.2) is 30.9 Å². The molecular weight excluding hydrogens is 178 g/mol. The summed E-state index contributed by atoms with van der Waals surface area (Å²) in [4.78, 5) is 0. The maximum atomic E-state index is 11.9. The molecule has 3 nitrogen and oxygen atoms in total. The molecule has 83 valence electrons. The molecule has 0 spiro atoms. The van der Waals surface area contributed by atoms with Gasteiger partial charge in [-0.15, -0.1) is 0 Å². The standard InChI is InChI=1S/C11H22NO2/c1-3-9-12(14,4-2)10-7-5-6-8-11-13/h3H,1,4-11H2,2H3. The lowest BCUT2D eigenvalue weighted by Crippen LogP contribution is -2.42. The smallest absolute Gasteiger partial charge is 0.0968 e. The Morgan fingerprint density at radius 3 is 2.43 bits per heavy atom. The monoisotopic (exact) mass is 200 g/mol. The van der Waals surface area contributed by atoms with Crippen LogP contribution in [-0.2, 0) is 5.11 Å². The quantitative estimate of drug-likeness (QED) is 0.244. The van der Waals surface area contributed by atoms with Crippen LogP contribution in [0.15, 0.2) is 12.7 Å². The Morgan fingerprint density at radius 2 is 1.93 bits per heavy atom. The largest absolute Gasteiger partial charge is 0.633 e. The van der Waals surface area contributed by atoms with Gasteiger partial charge in [-0.25, -0.2) is 5.11 Å². The van der Waals surface area contributed by atoms with Crippen LogP contribution in [0.1, 0.15) is 32.6 Å². The maximum Gasteiger partial charge on any atom is 0.0968 e. The van der Waals surface area contributed by atoms with E-state index in [9.17, 15) is 10.3 Å². The summed E-state index contributed by atoms with van der Waals surface area (Å²) in [5.41, 5.74) is 0. The van der Waals surface area contributed by atoms with Crippen LogP contribution in [0.5, 0.6) is 0 Å². The minimum absolute atomic E-state index is 0.0117.